The lowest BCUT2D eigenvalue weighted by atomic mass is 10.2. The second-order valence-corrected chi connectivity index (χ2v) is 6.40. The number of carbonyl (C=O) groups excluding carboxylic acids is 1. The fourth-order valence-corrected chi connectivity index (χ4v) is 3.11. The zero-order chi connectivity index (χ0) is 18.5. The SMILES string of the molecule is COCC(N)CNc1ncc(C(N)=O)c(Nc2cccc3ncsc23)n1. The molecule has 26 heavy (non-hydrogen) atoms. The van der Waals surface area contributed by atoms with Crippen LogP contribution < -0.4 is 22.1 Å². The first kappa shape index (κ1) is 18.0. The lowest BCUT2D eigenvalue weighted by Crippen LogP contribution is -2.33. The summed E-state index contributed by atoms with van der Waals surface area (Å²) in [6.07, 6.45) is 1.38. The number of aromatic nitrogens is 3. The molecular formula is C16H19N7O2S. The van der Waals surface area contributed by atoms with Crippen molar-refractivity contribution >= 4 is 44.9 Å². The van der Waals surface area contributed by atoms with Crippen molar-refractivity contribution in [3.63, 3.8) is 0 Å². The maximum atomic E-state index is 11.7. The molecule has 2 aromatic heterocycles. The molecule has 0 fully saturated rings. The van der Waals surface area contributed by atoms with Gasteiger partial charge in [-0.05, 0) is 12.1 Å². The number of nitrogens with two attached hydrogens (primary N) is 2. The molecule has 10 heteroatoms. The minimum Gasteiger partial charge on any atom is -0.383 e. The van der Waals surface area contributed by atoms with Gasteiger partial charge in [-0.1, -0.05) is 6.07 Å². The summed E-state index contributed by atoms with van der Waals surface area (Å²) < 4.78 is 5.95. The van der Waals surface area contributed by atoms with Gasteiger partial charge in [0, 0.05) is 25.9 Å². The number of nitrogens with zero attached hydrogens (tertiary/aromatic N) is 3. The van der Waals surface area contributed by atoms with Crippen LogP contribution >= 0.6 is 11.3 Å². The van der Waals surface area contributed by atoms with Gasteiger partial charge in [-0.25, -0.2) is 9.97 Å². The molecule has 1 atom stereocenters. The molecule has 0 radical (unpaired) electrons. The average Bonchev–Trinajstić information content (AvgIpc) is 3.10. The first-order chi connectivity index (χ1) is 12.6. The molecule has 136 valence electrons. The van der Waals surface area contributed by atoms with Crippen molar-refractivity contribution in [1.29, 1.82) is 0 Å². The number of nitrogens with one attached hydrogen (secondary N) is 2. The molecule has 0 saturated carbocycles. The highest BCUT2D eigenvalue weighted by atomic mass is 32.1. The van der Waals surface area contributed by atoms with Crippen LogP contribution in [-0.4, -0.2) is 47.2 Å². The van der Waals surface area contributed by atoms with Crippen molar-refractivity contribution in [2.45, 2.75) is 6.04 Å². The Morgan fingerprint density at radius 1 is 1.38 bits per heavy atom. The number of rotatable bonds is 8. The van der Waals surface area contributed by atoms with Gasteiger partial charge in [0.15, 0.2) is 0 Å². The van der Waals surface area contributed by atoms with Gasteiger partial charge >= 0.3 is 0 Å². The Bertz CT molecular complexity index is 915. The molecule has 1 aromatic carbocycles. The van der Waals surface area contributed by atoms with E-state index in [9.17, 15) is 4.79 Å². The van der Waals surface area contributed by atoms with Gasteiger partial charge in [0.2, 0.25) is 5.95 Å². The normalized spacial score (nSPS) is 12.1. The highest BCUT2D eigenvalue weighted by molar-refractivity contribution is 7.17. The summed E-state index contributed by atoms with van der Waals surface area (Å²) >= 11 is 1.49. The van der Waals surface area contributed by atoms with E-state index in [1.54, 1.807) is 12.6 Å². The van der Waals surface area contributed by atoms with Crippen LogP contribution in [0, 0.1) is 0 Å². The Hall–Kier alpha value is -2.82. The van der Waals surface area contributed by atoms with Crippen LogP contribution in [-0.2, 0) is 4.74 Å². The van der Waals surface area contributed by atoms with Crippen LogP contribution in [0.3, 0.4) is 0 Å². The van der Waals surface area contributed by atoms with Crippen LogP contribution in [0.15, 0.2) is 29.9 Å². The molecular weight excluding hydrogens is 354 g/mol. The molecule has 0 aliphatic rings. The standard InChI is InChI=1S/C16H19N7O2S/c1-25-7-9(17)5-19-16-20-6-10(14(18)24)15(23-16)22-12-4-2-3-11-13(12)26-8-21-11/h2-4,6,8-9H,5,7,17H2,1H3,(H2,18,24)(H2,19,20,22,23). The summed E-state index contributed by atoms with van der Waals surface area (Å²) in [5.74, 6) is 0.0309. The Labute approximate surface area is 153 Å². The van der Waals surface area contributed by atoms with E-state index in [4.69, 9.17) is 16.2 Å². The van der Waals surface area contributed by atoms with Crippen LogP contribution in [0.25, 0.3) is 10.2 Å². The summed E-state index contributed by atoms with van der Waals surface area (Å²) in [5.41, 5.74) is 14.9. The topological polar surface area (TPSA) is 141 Å². The number of methoxy groups -OCH3 is 1. The van der Waals surface area contributed by atoms with Crippen LogP contribution in [0.1, 0.15) is 10.4 Å². The molecule has 0 aliphatic heterocycles. The summed E-state index contributed by atoms with van der Waals surface area (Å²) in [4.78, 5) is 24.5. The lowest BCUT2D eigenvalue weighted by Gasteiger charge is -2.14. The highest BCUT2D eigenvalue weighted by Crippen LogP contribution is 2.29. The average molecular weight is 373 g/mol. The second-order valence-electron chi connectivity index (χ2n) is 5.55. The molecule has 3 aromatic rings. The zero-order valence-electron chi connectivity index (χ0n) is 14.1. The number of primary amides is 1. The van der Waals surface area contributed by atoms with Crippen molar-refractivity contribution < 1.29 is 9.53 Å². The number of benzene rings is 1. The molecule has 3 rings (SSSR count). The van der Waals surface area contributed by atoms with Crippen LogP contribution in [0.2, 0.25) is 0 Å². The molecule has 0 saturated heterocycles. The van der Waals surface area contributed by atoms with E-state index in [0.29, 0.717) is 24.9 Å². The molecule has 1 unspecified atom stereocenters. The zero-order valence-corrected chi connectivity index (χ0v) is 14.9. The van der Waals surface area contributed by atoms with Crippen LogP contribution in [0.4, 0.5) is 17.5 Å². The highest BCUT2D eigenvalue weighted by Gasteiger charge is 2.14. The third-order valence-electron chi connectivity index (χ3n) is 3.57. The fraction of sp³-hybridized carbons (Fsp3) is 0.250. The number of thiazole rings is 1. The second kappa shape index (κ2) is 8.04. The largest absolute Gasteiger partial charge is 0.383 e. The van der Waals surface area contributed by atoms with E-state index in [2.05, 4.69) is 25.6 Å². The van der Waals surface area contributed by atoms with E-state index in [-0.39, 0.29) is 11.6 Å². The number of hydrogen-bond donors (Lipinski definition) is 4. The molecule has 0 spiro atoms. The van der Waals surface area contributed by atoms with E-state index >= 15 is 0 Å². The number of fused-ring (bicyclic) bond motifs is 1. The van der Waals surface area contributed by atoms with Gasteiger partial charge in [-0.2, -0.15) is 4.98 Å². The predicted molar refractivity (Wildman–Crippen MR) is 102 cm³/mol. The fourth-order valence-electron chi connectivity index (χ4n) is 2.35. The quantitative estimate of drug-likeness (QED) is 0.463. The van der Waals surface area contributed by atoms with Gasteiger partial charge in [-0.3, -0.25) is 4.79 Å². The van der Waals surface area contributed by atoms with Gasteiger partial charge in [-0.15, -0.1) is 11.3 Å². The monoisotopic (exact) mass is 373 g/mol. The minimum atomic E-state index is -0.619. The number of amides is 1. The van der Waals surface area contributed by atoms with E-state index in [1.165, 1.54) is 17.5 Å². The van der Waals surface area contributed by atoms with E-state index < -0.39 is 5.91 Å². The Balaban J connectivity index is 1.87. The maximum absolute atomic E-state index is 11.7. The Morgan fingerprint density at radius 3 is 3.00 bits per heavy atom. The third-order valence-corrected chi connectivity index (χ3v) is 4.44. The number of hydrogen-bond acceptors (Lipinski definition) is 9. The van der Waals surface area contributed by atoms with Crippen molar-refractivity contribution in [3.05, 3.63) is 35.5 Å². The molecule has 2 heterocycles. The summed E-state index contributed by atoms with van der Waals surface area (Å²) in [6, 6.07) is 5.46. The smallest absolute Gasteiger partial charge is 0.254 e. The third kappa shape index (κ3) is 4.04. The lowest BCUT2D eigenvalue weighted by molar-refractivity contribution is 0.100. The molecule has 0 bridgehead atoms. The molecule has 1 amide bonds. The molecule has 6 N–H and O–H groups in total. The van der Waals surface area contributed by atoms with Crippen molar-refractivity contribution in [2.75, 3.05) is 30.9 Å². The number of carbonyl (C=O) groups is 1. The molecule has 9 nitrogen and oxygen atoms in total. The van der Waals surface area contributed by atoms with Gasteiger partial charge in [0.05, 0.1) is 28.0 Å². The van der Waals surface area contributed by atoms with Crippen LogP contribution in [0.5, 0.6) is 0 Å². The van der Waals surface area contributed by atoms with Crippen molar-refractivity contribution in [2.24, 2.45) is 11.5 Å². The Morgan fingerprint density at radius 2 is 2.23 bits per heavy atom. The van der Waals surface area contributed by atoms with E-state index in [1.807, 2.05) is 18.2 Å². The summed E-state index contributed by atoms with van der Waals surface area (Å²) in [5, 5.41) is 6.18. The van der Waals surface area contributed by atoms with Gasteiger partial charge in [0.1, 0.15) is 11.4 Å². The van der Waals surface area contributed by atoms with Gasteiger partial charge in [0.25, 0.3) is 5.91 Å². The first-order valence-corrected chi connectivity index (χ1v) is 8.71. The molecule has 0 aliphatic carbocycles. The van der Waals surface area contributed by atoms with Crippen molar-refractivity contribution in [3.8, 4) is 0 Å². The van der Waals surface area contributed by atoms with Gasteiger partial charge < -0.3 is 26.8 Å². The Kier molecular flexibility index (Phi) is 5.56. The maximum Gasteiger partial charge on any atom is 0.254 e. The number of ether oxygens (including phenoxy) is 1. The van der Waals surface area contributed by atoms with Crippen molar-refractivity contribution in [1.82, 2.24) is 15.0 Å². The number of anilines is 3. The summed E-state index contributed by atoms with van der Waals surface area (Å²) in [6.45, 7) is 0.832. The predicted octanol–water partition coefficient (Wildman–Crippen LogP) is 1.31. The first-order valence-electron chi connectivity index (χ1n) is 7.83. The minimum absolute atomic E-state index is 0.193. The van der Waals surface area contributed by atoms with E-state index in [0.717, 1.165) is 15.9 Å². The summed E-state index contributed by atoms with van der Waals surface area (Å²) in [7, 11) is 1.58.